The highest BCUT2D eigenvalue weighted by atomic mass is 35.5. The Kier molecular flexibility index (Phi) is 6.34. The van der Waals surface area contributed by atoms with Gasteiger partial charge in [-0.2, -0.15) is 5.10 Å². The second-order valence-electron chi connectivity index (χ2n) is 6.91. The van der Waals surface area contributed by atoms with Crippen molar-refractivity contribution in [1.82, 2.24) is 20.0 Å². The van der Waals surface area contributed by atoms with Gasteiger partial charge in [0, 0.05) is 44.1 Å². The van der Waals surface area contributed by atoms with Crippen LogP contribution in [0, 0.1) is 0 Å². The minimum atomic E-state index is 0. The van der Waals surface area contributed by atoms with E-state index in [0.29, 0.717) is 31.7 Å². The van der Waals surface area contributed by atoms with E-state index in [-0.39, 0.29) is 24.2 Å². The molecule has 6 nitrogen and oxygen atoms in total. The maximum Gasteiger partial charge on any atom is 0.253 e. The fraction of sp³-hybridized carbons (Fsp3) is 0.227. The Hall–Kier alpha value is -3.12. The van der Waals surface area contributed by atoms with Gasteiger partial charge in [0.25, 0.3) is 5.91 Å². The molecule has 0 spiro atoms. The Morgan fingerprint density at radius 3 is 2.45 bits per heavy atom. The number of para-hydroxylation sites is 1. The topological polar surface area (TPSA) is 69.3 Å². The Bertz CT molecular complexity index is 1050. The number of hydrogen-bond donors (Lipinski definition) is 1. The third-order valence-electron chi connectivity index (χ3n) is 5.08. The number of carbonyl (C=O) groups excluding carboxylic acids is 2. The van der Waals surface area contributed by atoms with Gasteiger partial charge in [0.1, 0.15) is 0 Å². The van der Waals surface area contributed by atoms with E-state index in [1.54, 1.807) is 11.8 Å². The van der Waals surface area contributed by atoms with Crippen molar-refractivity contribution in [2.75, 3.05) is 26.2 Å². The lowest BCUT2D eigenvalue weighted by atomic mass is 10.1. The van der Waals surface area contributed by atoms with Crippen LogP contribution in [-0.2, 0) is 4.79 Å². The fourth-order valence-corrected chi connectivity index (χ4v) is 3.47. The summed E-state index contributed by atoms with van der Waals surface area (Å²) in [6.07, 6.45) is 3.92. The van der Waals surface area contributed by atoms with Gasteiger partial charge in [-0.3, -0.25) is 14.7 Å². The van der Waals surface area contributed by atoms with Crippen LogP contribution in [-0.4, -0.2) is 58.0 Å². The first kappa shape index (κ1) is 20.6. The predicted molar refractivity (Wildman–Crippen MR) is 117 cm³/mol. The SMILES string of the molecule is CC(=O)N1CCN(C(=O)c2cccc(C=Cc3n[nH]c4ccccc34)c2)CC1.Cl. The van der Waals surface area contributed by atoms with E-state index < -0.39 is 0 Å². The zero-order valence-electron chi connectivity index (χ0n) is 16.2. The van der Waals surface area contributed by atoms with Crippen molar-refractivity contribution >= 4 is 47.3 Å². The number of halogens is 1. The first-order valence-corrected chi connectivity index (χ1v) is 9.38. The number of carbonyl (C=O) groups is 2. The second-order valence-corrected chi connectivity index (χ2v) is 6.91. The molecule has 1 N–H and O–H groups in total. The number of amides is 2. The van der Waals surface area contributed by atoms with Gasteiger partial charge in [-0.05, 0) is 29.8 Å². The van der Waals surface area contributed by atoms with Crippen LogP contribution < -0.4 is 0 Å². The highest BCUT2D eigenvalue weighted by Gasteiger charge is 2.23. The number of benzene rings is 2. The summed E-state index contributed by atoms with van der Waals surface area (Å²) in [5.74, 6) is 0.0637. The van der Waals surface area contributed by atoms with Crippen molar-refractivity contribution in [3.05, 3.63) is 65.4 Å². The third-order valence-corrected chi connectivity index (χ3v) is 5.08. The molecule has 1 aliphatic rings. The lowest BCUT2D eigenvalue weighted by Gasteiger charge is -2.34. The first-order valence-electron chi connectivity index (χ1n) is 9.38. The molecule has 0 saturated carbocycles. The Morgan fingerprint density at radius 2 is 1.69 bits per heavy atom. The summed E-state index contributed by atoms with van der Waals surface area (Å²) in [5.41, 5.74) is 3.47. The van der Waals surface area contributed by atoms with Crippen LogP contribution in [0.15, 0.2) is 48.5 Å². The molecule has 0 unspecified atom stereocenters. The maximum absolute atomic E-state index is 12.8. The standard InChI is InChI=1S/C22H22N4O2.ClH/c1-16(27)25-11-13-26(14-12-25)22(28)18-6-4-5-17(15-18)9-10-21-19-7-2-3-8-20(19)23-24-21;/h2-10,15H,11-14H2,1H3,(H,23,24);1H. The molecular formula is C22H23ClN4O2. The number of aromatic amines is 1. The average Bonchev–Trinajstić information content (AvgIpc) is 3.15. The van der Waals surface area contributed by atoms with Gasteiger partial charge in [0.15, 0.2) is 0 Å². The third kappa shape index (κ3) is 4.49. The minimum Gasteiger partial charge on any atom is -0.339 e. The number of fused-ring (bicyclic) bond motifs is 1. The minimum absolute atomic E-state index is 0. The van der Waals surface area contributed by atoms with Crippen molar-refractivity contribution in [3.63, 3.8) is 0 Å². The van der Waals surface area contributed by atoms with Crippen molar-refractivity contribution in [2.24, 2.45) is 0 Å². The van der Waals surface area contributed by atoms with Crippen LogP contribution in [0.25, 0.3) is 23.1 Å². The van der Waals surface area contributed by atoms with Crippen LogP contribution in [0.5, 0.6) is 0 Å². The summed E-state index contributed by atoms with van der Waals surface area (Å²) in [6, 6.07) is 15.6. The van der Waals surface area contributed by atoms with Gasteiger partial charge in [0.2, 0.25) is 5.91 Å². The van der Waals surface area contributed by atoms with E-state index in [1.165, 1.54) is 0 Å². The smallest absolute Gasteiger partial charge is 0.253 e. The zero-order chi connectivity index (χ0) is 19.5. The average molecular weight is 411 g/mol. The molecule has 7 heteroatoms. The summed E-state index contributed by atoms with van der Waals surface area (Å²) in [6.45, 7) is 3.88. The molecule has 4 rings (SSSR count). The monoisotopic (exact) mass is 410 g/mol. The number of hydrogen-bond acceptors (Lipinski definition) is 3. The first-order chi connectivity index (χ1) is 13.6. The lowest BCUT2D eigenvalue weighted by molar-refractivity contribution is -0.130. The summed E-state index contributed by atoms with van der Waals surface area (Å²) in [4.78, 5) is 27.8. The van der Waals surface area contributed by atoms with Crippen LogP contribution in [0.2, 0.25) is 0 Å². The largest absolute Gasteiger partial charge is 0.339 e. The molecule has 0 bridgehead atoms. The van der Waals surface area contributed by atoms with E-state index in [2.05, 4.69) is 10.2 Å². The van der Waals surface area contributed by atoms with E-state index >= 15 is 0 Å². The normalized spacial score (nSPS) is 14.2. The highest BCUT2D eigenvalue weighted by molar-refractivity contribution is 5.95. The number of nitrogens with one attached hydrogen (secondary N) is 1. The molecule has 3 aromatic rings. The van der Waals surface area contributed by atoms with E-state index in [1.807, 2.05) is 65.6 Å². The molecular weight excluding hydrogens is 388 g/mol. The van der Waals surface area contributed by atoms with Crippen molar-refractivity contribution in [3.8, 4) is 0 Å². The molecule has 2 amide bonds. The van der Waals surface area contributed by atoms with Gasteiger partial charge in [-0.25, -0.2) is 0 Å². The summed E-state index contributed by atoms with van der Waals surface area (Å²) < 4.78 is 0. The number of H-pyrrole nitrogens is 1. The van der Waals surface area contributed by atoms with Crippen molar-refractivity contribution < 1.29 is 9.59 Å². The second kappa shape index (κ2) is 8.92. The Labute approximate surface area is 175 Å². The number of rotatable bonds is 3. The molecule has 150 valence electrons. The summed E-state index contributed by atoms with van der Waals surface area (Å²) in [5, 5.41) is 8.43. The van der Waals surface area contributed by atoms with E-state index in [0.717, 1.165) is 22.2 Å². The van der Waals surface area contributed by atoms with Gasteiger partial charge in [-0.1, -0.05) is 36.4 Å². The molecule has 0 atom stereocenters. The zero-order valence-corrected chi connectivity index (χ0v) is 17.0. The molecule has 2 heterocycles. The lowest BCUT2D eigenvalue weighted by Crippen LogP contribution is -2.50. The molecule has 1 aromatic heterocycles. The van der Waals surface area contributed by atoms with Gasteiger partial charge < -0.3 is 9.80 Å². The Morgan fingerprint density at radius 1 is 0.966 bits per heavy atom. The maximum atomic E-state index is 12.8. The van der Waals surface area contributed by atoms with Crippen molar-refractivity contribution in [1.29, 1.82) is 0 Å². The number of nitrogens with zero attached hydrogens (tertiary/aromatic N) is 3. The van der Waals surface area contributed by atoms with Crippen LogP contribution in [0.1, 0.15) is 28.5 Å². The molecule has 0 aliphatic carbocycles. The molecule has 29 heavy (non-hydrogen) atoms. The molecule has 2 aromatic carbocycles. The molecule has 1 saturated heterocycles. The van der Waals surface area contributed by atoms with Gasteiger partial charge in [-0.15, -0.1) is 12.4 Å². The Balaban J connectivity index is 0.00000240. The van der Waals surface area contributed by atoms with Crippen molar-refractivity contribution in [2.45, 2.75) is 6.92 Å². The number of piperazine rings is 1. The van der Waals surface area contributed by atoms with Crippen LogP contribution in [0.4, 0.5) is 0 Å². The summed E-state index contributed by atoms with van der Waals surface area (Å²) in [7, 11) is 0. The van der Waals surface area contributed by atoms with Gasteiger partial charge in [0.05, 0.1) is 11.2 Å². The van der Waals surface area contributed by atoms with E-state index in [4.69, 9.17) is 0 Å². The van der Waals surface area contributed by atoms with E-state index in [9.17, 15) is 9.59 Å². The predicted octanol–water partition coefficient (Wildman–Crippen LogP) is 3.46. The van der Waals surface area contributed by atoms with Gasteiger partial charge >= 0.3 is 0 Å². The highest BCUT2D eigenvalue weighted by Crippen LogP contribution is 2.18. The quantitative estimate of drug-likeness (QED) is 0.718. The number of aromatic nitrogens is 2. The molecule has 1 fully saturated rings. The molecule has 0 radical (unpaired) electrons. The fourth-order valence-electron chi connectivity index (χ4n) is 3.47. The molecule has 1 aliphatic heterocycles. The summed E-state index contributed by atoms with van der Waals surface area (Å²) >= 11 is 0. The van der Waals surface area contributed by atoms with Crippen LogP contribution in [0.3, 0.4) is 0 Å². The van der Waals surface area contributed by atoms with Crippen LogP contribution >= 0.6 is 12.4 Å².